The number of ketones is 1. The number of Topliss-reactive ketones (excluding diaryl/α,β-unsaturated/α-hetero) is 1. The van der Waals surface area contributed by atoms with E-state index >= 15 is 0 Å². The molecule has 0 unspecified atom stereocenters. The molecule has 8 heteroatoms. The Balaban J connectivity index is 1.58. The average molecular weight is 453 g/mol. The van der Waals surface area contributed by atoms with E-state index in [9.17, 15) is 18.0 Å². The second kappa shape index (κ2) is 9.65. The Hall–Kier alpha value is -3.65. The third-order valence-electron chi connectivity index (χ3n) is 5.03. The zero-order valence-electron chi connectivity index (χ0n) is 18.0. The van der Waals surface area contributed by atoms with Crippen LogP contribution in [0.1, 0.15) is 37.7 Å². The molecule has 0 atom stereocenters. The SMILES string of the molecule is Cc1cc(C(=O)COC(=O)c2ccc(NS(=O)(=O)C=Cc3ccccc3)cc2)c(C)n1C. The van der Waals surface area contributed by atoms with Crippen molar-refractivity contribution < 1.29 is 22.7 Å². The first-order chi connectivity index (χ1) is 15.2. The van der Waals surface area contributed by atoms with Crippen LogP contribution >= 0.6 is 0 Å². The van der Waals surface area contributed by atoms with Gasteiger partial charge in [0.05, 0.1) is 11.0 Å². The summed E-state index contributed by atoms with van der Waals surface area (Å²) in [5.74, 6) is -0.948. The predicted octanol–water partition coefficient (Wildman–Crippen LogP) is 4.09. The first-order valence-electron chi connectivity index (χ1n) is 9.85. The van der Waals surface area contributed by atoms with E-state index in [4.69, 9.17) is 4.74 Å². The summed E-state index contributed by atoms with van der Waals surface area (Å²) in [6.07, 6.45) is 1.49. The van der Waals surface area contributed by atoms with Crippen molar-refractivity contribution in [2.24, 2.45) is 7.05 Å². The van der Waals surface area contributed by atoms with E-state index in [2.05, 4.69) is 4.72 Å². The van der Waals surface area contributed by atoms with Gasteiger partial charge in [-0.05, 0) is 55.8 Å². The van der Waals surface area contributed by atoms with E-state index in [1.807, 2.05) is 43.7 Å². The first kappa shape index (κ1) is 23.0. The molecule has 2 aromatic carbocycles. The highest BCUT2D eigenvalue weighted by Crippen LogP contribution is 2.16. The zero-order valence-corrected chi connectivity index (χ0v) is 18.8. The van der Waals surface area contributed by atoms with Gasteiger partial charge in [-0.3, -0.25) is 9.52 Å². The molecular formula is C24H24N2O5S. The smallest absolute Gasteiger partial charge is 0.338 e. The number of hydrogen-bond acceptors (Lipinski definition) is 5. The maximum Gasteiger partial charge on any atom is 0.338 e. The number of aromatic nitrogens is 1. The van der Waals surface area contributed by atoms with Gasteiger partial charge in [0.1, 0.15) is 0 Å². The first-order valence-corrected chi connectivity index (χ1v) is 11.4. The lowest BCUT2D eigenvalue weighted by Gasteiger charge is -2.07. The van der Waals surface area contributed by atoms with Crippen molar-refractivity contribution in [2.45, 2.75) is 13.8 Å². The molecule has 0 bridgehead atoms. The number of benzene rings is 2. The van der Waals surface area contributed by atoms with E-state index < -0.39 is 16.0 Å². The second-order valence-electron chi connectivity index (χ2n) is 7.28. The van der Waals surface area contributed by atoms with Crippen LogP contribution in [0.2, 0.25) is 0 Å². The molecule has 32 heavy (non-hydrogen) atoms. The van der Waals surface area contributed by atoms with Gasteiger partial charge in [-0.25, -0.2) is 13.2 Å². The Morgan fingerprint density at radius 3 is 2.28 bits per heavy atom. The monoisotopic (exact) mass is 452 g/mol. The summed E-state index contributed by atoms with van der Waals surface area (Å²) < 4.78 is 33.9. The largest absolute Gasteiger partial charge is 0.454 e. The molecule has 0 radical (unpaired) electrons. The Kier molecular flexibility index (Phi) is 6.95. The number of ether oxygens (including phenoxy) is 1. The number of rotatable bonds is 8. The Morgan fingerprint density at radius 2 is 1.69 bits per heavy atom. The molecule has 0 saturated heterocycles. The van der Waals surface area contributed by atoms with Crippen LogP contribution in [-0.2, 0) is 21.8 Å². The van der Waals surface area contributed by atoms with E-state index in [0.717, 1.165) is 22.4 Å². The molecule has 0 spiro atoms. The molecule has 0 fully saturated rings. The number of nitrogens with one attached hydrogen (secondary N) is 1. The van der Waals surface area contributed by atoms with Gasteiger partial charge in [-0.2, -0.15) is 0 Å². The number of carbonyl (C=O) groups is 2. The van der Waals surface area contributed by atoms with Gasteiger partial charge >= 0.3 is 5.97 Å². The second-order valence-corrected chi connectivity index (χ2v) is 8.85. The van der Waals surface area contributed by atoms with Crippen LogP contribution in [0.25, 0.3) is 6.08 Å². The minimum Gasteiger partial charge on any atom is -0.454 e. The molecule has 0 amide bonds. The number of sulfonamides is 1. The molecule has 3 rings (SSSR count). The van der Waals surface area contributed by atoms with E-state index in [1.54, 1.807) is 18.2 Å². The number of hydrogen-bond donors (Lipinski definition) is 1. The molecule has 0 aliphatic carbocycles. The van der Waals surface area contributed by atoms with Crippen LogP contribution in [0.4, 0.5) is 5.69 Å². The van der Waals surface area contributed by atoms with Gasteiger partial charge in [-0.15, -0.1) is 0 Å². The van der Waals surface area contributed by atoms with Crippen LogP contribution in [0, 0.1) is 13.8 Å². The van der Waals surface area contributed by atoms with Gasteiger partial charge in [0.25, 0.3) is 10.0 Å². The number of esters is 1. The van der Waals surface area contributed by atoms with E-state index in [1.165, 1.54) is 30.3 Å². The molecule has 0 saturated carbocycles. The van der Waals surface area contributed by atoms with Crippen molar-refractivity contribution in [1.82, 2.24) is 4.57 Å². The lowest BCUT2D eigenvalue weighted by Crippen LogP contribution is -2.15. The molecule has 1 heterocycles. The lowest BCUT2D eigenvalue weighted by atomic mass is 10.1. The third-order valence-corrected chi connectivity index (χ3v) is 6.04. The van der Waals surface area contributed by atoms with Gasteiger partial charge < -0.3 is 9.30 Å². The molecule has 3 aromatic rings. The molecule has 166 valence electrons. The number of anilines is 1. The fourth-order valence-electron chi connectivity index (χ4n) is 3.03. The lowest BCUT2D eigenvalue weighted by molar-refractivity contribution is 0.0474. The van der Waals surface area contributed by atoms with Gasteiger partial charge in [0.15, 0.2) is 6.61 Å². The summed E-state index contributed by atoms with van der Waals surface area (Å²) in [7, 11) is -1.86. The van der Waals surface area contributed by atoms with E-state index in [0.29, 0.717) is 11.3 Å². The Morgan fingerprint density at radius 1 is 1.03 bits per heavy atom. The van der Waals surface area contributed by atoms with Crippen molar-refractivity contribution in [3.05, 3.63) is 94.1 Å². The fraction of sp³-hybridized carbons (Fsp3) is 0.167. The van der Waals surface area contributed by atoms with Crippen molar-refractivity contribution in [1.29, 1.82) is 0 Å². The molecule has 1 aromatic heterocycles. The van der Waals surface area contributed by atoms with Crippen molar-refractivity contribution in [3.63, 3.8) is 0 Å². The van der Waals surface area contributed by atoms with Crippen molar-refractivity contribution >= 4 is 33.5 Å². The Labute approximate surface area is 187 Å². The van der Waals surface area contributed by atoms with Gasteiger partial charge in [-0.1, -0.05) is 30.3 Å². The summed E-state index contributed by atoms with van der Waals surface area (Å²) in [5.41, 5.74) is 3.53. The van der Waals surface area contributed by atoms with Crippen molar-refractivity contribution in [3.8, 4) is 0 Å². The van der Waals surface area contributed by atoms with Crippen molar-refractivity contribution in [2.75, 3.05) is 11.3 Å². The summed E-state index contributed by atoms with van der Waals surface area (Å²) in [6, 6.07) is 16.6. The highest BCUT2D eigenvalue weighted by Gasteiger charge is 2.17. The zero-order chi connectivity index (χ0) is 23.3. The average Bonchev–Trinajstić information content (AvgIpc) is 3.04. The van der Waals surface area contributed by atoms with Gasteiger partial charge in [0, 0.05) is 29.7 Å². The summed E-state index contributed by atoms with van der Waals surface area (Å²) >= 11 is 0. The maximum atomic E-state index is 12.4. The van der Waals surface area contributed by atoms with Gasteiger partial charge in [0.2, 0.25) is 5.78 Å². The normalized spacial score (nSPS) is 11.5. The fourth-order valence-corrected chi connectivity index (χ4v) is 3.90. The number of carbonyl (C=O) groups excluding carboxylic acids is 2. The molecule has 0 aliphatic heterocycles. The highest BCUT2D eigenvalue weighted by atomic mass is 32.2. The molecule has 0 aliphatic rings. The van der Waals surface area contributed by atoms with Crippen LogP contribution in [0.3, 0.4) is 0 Å². The summed E-state index contributed by atoms with van der Waals surface area (Å²) in [5, 5.41) is 1.07. The predicted molar refractivity (Wildman–Crippen MR) is 124 cm³/mol. The standard InChI is InChI=1S/C24H24N2O5S/c1-17-15-22(18(2)26(17)3)23(27)16-31-24(28)20-9-11-21(12-10-20)25-32(29,30)14-13-19-7-5-4-6-8-19/h4-15,25H,16H2,1-3H3. The van der Waals surface area contributed by atoms with Crippen LogP contribution in [-0.4, -0.2) is 31.3 Å². The Bertz CT molecular complexity index is 1260. The maximum absolute atomic E-state index is 12.4. The molecule has 1 N–H and O–H groups in total. The number of aryl methyl sites for hydroxylation is 1. The summed E-state index contributed by atoms with van der Waals surface area (Å²) in [4.78, 5) is 24.6. The topological polar surface area (TPSA) is 94.5 Å². The highest BCUT2D eigenvalue weighted by molar-refractivity contribution is 7.95. The van der Waals surface area contributed by atoms with Crippen LogP contribution in [0.5, 0.6) is 0 Å². The minimum atomic E-state index is -3.72. The third kappa shape index (κ3) is 5.73. The minimum absolute atomic E-state index is 0.210. The van der Waals surface area contributed by atoms with Crippen LogP contribution < -0.4 is 4.72 Å². The quantitative estimate of drug-likeness (QED) is 0.410. The number of nitrogens with zero attached hydrogens (tertiary/aromatic N) is 1. The molecular weight excluding hydrogens is 428 g/mol. The van der Waals surface area contributed by atoms with Crippen LogP contribution in [0.15, 0.2) is 66.1 Å². The molecule has 7 nitrogen and oxygen atoms in total. The van der Waals surface area contributed by atoms with E-state index in [-0.39, 0.29) is 18.0 Å². The summed E-state index contributed by atoms with van der Waals surface area (Å²) in [6.45, 7) is 3.35.